The number of nitrogens with zero attached hydrogens (tertiary/aromatic N) is 4. The van der Waals surface area contributed by atoms with E-state index in [0.717, 1.165) is 44.0 Å². The molecule has 1 aliphatic heterocycles. The van der Waals surface area contributed by atoms with Crippen molar-refractivity contribution < 1.29 is 9.59 Å². The molecule has 8 nitrogen and oxygen atoms in total. The highest BCUT2D eigenvalue weighted by molar-refractivity contribution is 5.95. The monoisotopic (exact) mass is 386 g/mol. The summed E-state index contributed by atoms with van der Waals surface area (Å²) in [5.74, 6) is 2.64. The van der Waals surface area contributed by atoms with Crippen LogP contribution in [-0.2, 0) is 4.79 Å². The van der Waals surface area contributed by atoms with Crippen LogP contribution >= 0.6 is 0 Å². The molecule has 1 aromatic rings. The van der Waals surface area contributed by atoms with Gasteiger partial charge in [-0.2, -0.15) is 0 Å². The Balaban J connectivity index is 1.17. The minimum atomic E-state index is -0.364. The highest BCUT2D eigenvalue weighted by Crippen LogP contribution is 2.49. The summed E-state index contributed by atoms with van der Waals surface area (Å²) in [5, 5.41) is 5.49. The van der Waals surface area contributed by atoms with Gasteiger partial charge in [-0.3, -0.25) is 15.0 Å². The summed E-state index contributed by atoms with van der Waals surface area (Å²) in [7, 11) is 0. The van der Waals surface area contributed by atoms with E-state index >= 15 is 0 Å². The van der Waals surface area contributed by atoms with E-state index in [4.69, 9.17) is 0 Å². The maximum absolute atomic E-state index is 12.3. The van der Waals surface area contributed by atoms with Crippen LogP contribution in [-0.4, -0.2) is 65.6 Å². The molecule has 2 N–H and O–H groups in total. The number of urea groups is 1. The quantitative estimate of drug-likeness (QED) is 0.792. The molecule has 3 fully saturated rings. The van der Waals surface area contributed by atoms with Gasteiger partial charge in [-0.05, 0) is 50.0 Å². The fraction of sp³-hybridized carbons (Fsp3) is 0.700. The summed E-state index contributed by atoms with van der Waals surface area (Å²) in [6, 6.07) is 1.56. The minimum Gasteiger partial charge on any atom is -0.338 e. The zero-order valence-corrected chi connectivity index (χ0v) is 16.5. The Morgan fingerprint density at radius 3 is 2.54 bits per heavy atom. The normalized spacial score (nSPS) is 28.2. The molecule has 2 aliphatic carbocycles. The summed E-state index contributed by atoms with van der Waals surface area (Å²) in [6.07, 6.45) is 8.65. The molecule has 2 heterocycles. The highest BCUT2D eigenvalue weighted by atomic mass is 16.2. The first-order valence-corrected chi connectivity index (χ1v) is 10.4. The van der Waals surface area contributed by atoms with Gasteiger partial charge in [0.05, 0.1) is 6.54 Å². The molecule has 4 rings (SSSR count). The van der Waals surface area contributed by atoms with Crippen molar-refractivity contribution in [1.29, 1.82) is 0 Å². The van der Waals surface area contributed by atoms with Crippen LogP contribution in [0.2, 0.25) is 0 Å². The molecule has 2 bridgehead atoms. The van der Waals surface area contributed by atoms with Gasteiger partial charge in [-0.1, -0.05) is 6.42 Å². The van der Waals surface area contributed by atoms with E-state index < -0.39 is 0 Å². The lowest BCUT2D eigenvalue weighted by Crippen LogP contribution is -2.52. The molecule has 3 aliphatic rings. The summed E-state index contributed by atoms with van der Waals surface area (Å²) in [5.41, 5.74) is 0. The number of nitrogens with one attached hydrogen (secondary N) is 2. The maximum Gasteiger partial charge on any atom is 0.321 e. The fourth-order valence-corrected chi connectivity index (χ4v) is 5.19. The zero-order chi connectivity index (χ0) is 19.5. The number of carbonyl (C=O) groups is 2. The molecule has 1 saturated heterocycles. The Hall–Kier alpha value is -2.22. The van der Waals surface area contributed by atoms with Crippen molar-refractivity contribution in [3.63, 3.8) is 0 Å². The van der Waals surface area contributed by atoms with Crippen molar-refractivity contribution in [1.82, 2.24) is 25.5 Å². The van der Waals surface area contributed by atoms with E-state index in [2.05, 4.69) is 37.3 Å². The number of piperazine rings is 1. The molecule has 0 radical (unpaired) electrons. The second-order valence-electron chi connectivity index (χ2n) is 8.46. The zero-order valence-electron chi connectivity index (χ0n) is 16.5. The average Bonchev–Trinajstić information content (AvgIpc) is 3.32. The highest BCUT2D eigenvalue weighted by Gasteiger charge is 2.42. The van der Waals surface area contributed by atoms with E-state index in [-0.39, 0.29) is 24.5 Å². The van der Waals surface area contributed by atoms with Crippen LogP contribution in [0.5, 0.6) is 0 Å². The van der Waals surface area contributed by atoms with Gasteiger partial charge in [-0.15, -0.1) is 0 Å². The molecule has 0 spiro atoms. The molecule has 1 aromatic heterocycles. The second kappa shape index (κ2) is 8.43. The number of rotatable bonds is 5. The van der Waals surface area contributed by atoms with Crippen LogP contribution in [0.1, 0.15) is 32.6 Å². The van der Waals surface area contributed by atoms with Crippen LogP contribution in [0, 0.1) is 17.8 Å². The van der Waals surface area contributed by atoms with E-state index in [1.807, 2.05) is 0 Å². The summed E-state index contributed by atoms with van der Waals surface area (Å²) in [4.78, 5) is 37.2. The lowest BCUT2D eigenvalue weighted by Gasteiger charge is -2.34. The number of fused-ring (bicyclic) bond motifs is 2. The number of hydrogen-bond acceptors (Lipinski definition) is 6. The van der Waals surface area contributed by atoms with Crippen molar-refractivity contribution in [2.24, 2.45) is 17.8 Å². The van der Waals surface area contributed by atoms with Crippen LogP contribution < -0.4 is 15.5 Å². The summed E-state index contributed by atoms with van der Waals surface area (Å²) < 4.78 is 0. The summed E-state index contributed by atoms with van der Waals surface area (Å²) in [6.45, 7) is 5.33. The van der Waals surface area contributed by atoms with Gasteiger partial charge in [0.2, 0.25) is 11.9 Å². The van der Waals surface area contributed by atoms with Crippen LogP contribution in [0.15, 0.2) is 18.5 Å². The fourth-order valence-electron chi connectivity index (χ4n) is 5.19. The number of carbonyl (C=O) groups excluding carboxylic acids is 2. The molecule has 4 atom stereocenters. The maximum atomic E-state index is 12.3. The van der Waals surface area contributed by atoms with Crippen LogP contribution in [0.4, 0.5) is 10.7 Å². The van der Waals surface area contributed by atoms with Gasteiger partial charge in [0, 0.05) is 44.6 Å². The molecule has 152 valence electrons. The van der Waals surface area contributed by atoms with Crippen molar-refractivity contribution >= 4 is 17.9 Å². The standard InChI is InChI=1S/C20H30N6O2/c1-14(17-12-15-3-4-16(17)11-15)23-20(28)24-18(27)13-25-7-9-26(10-8-25)19-21-5-2-6-22-19/h2,5-6,14-17H,3-4,7-13H2,1H3,(H2,23,24,27,28). The molecule has 8 heteroatoms. The predicted molar refractivity (Wildman–Crippen MR) is 106 cm³/mol. The number of aromatic nitrogens is 2. The first-order chi connectivity index (χ1) is 13.6. The third-order valence-electron chi connectivity index (χ3n) is 6.62. The van der Waals surface area contributed by atoms with Crippen LogP contribution in [0.25, 0.3) is 0 Å². The molecule has 4 unspecified atom stereocenters. The Kier molecular flexibility index (Phi) is 5.75. The topological polar surface area (TPSA) is 90.5 Å². The van der Waals surface area contributed by atoms with E-state index in [1.165, 1.54) is 25.7 Å². The van der Waals surface area contributed by atoms with Crippen molar-refractivity contribution in [2.45, 2.75) is 38.6 Å². The Labute approximate surface area is 166 Å². The molecular formula is C20H30N6O2. The minimum absolute atomic E-state index is 0.123. The van der Waals surface area contributed by atoms with Gasteiger partial charge in [0.25, 0.3) is 0 Å². The van der Waals surface area contributed by atoms with Crippen LogP contribution in [0.3, 0.4) is 0 Å². The second-order valence-corrected chi connectivity index (χ2v) is 8.46. The number of hydrogen-bond donors (Lipinski definition) is 2. The van der Waals surface area contributed by atoms with Crippen molar-refractivity contribution in [3.8, 4) is 0 Å². The van der Waals surface area contributed by atoms with E-state index in [9.17, 15) is 9.59 Å². The SMILES string of the molecule is CC(NC(=O)NC(=O)CN1CCN(c2ncccn2)CC1)C1CC2CCC1C2. The first-order valence-electron chi connectivity index (χ1n) is 10.4. The van der Waals surface area contributed by atoms with Crippen molar-refractivity contribution in [3.05, 3.63) is 18.5 Å². The Morgan fingerprint density at radius 1 is 1.14 bits per heavy atom. The molecule has 28 heavy (non-hydrogen) atoms. The number of imide groups is 1. The Morgan fingerprint density at radius 2 is 1.89 bits per heavy atom. The van der Waals surface area contributed by atoms with Gasteiger partial charge < -0.3 is 10.2 Å². The number of anilines is 1. The first kappa shape index (κ1) is 19.1. The molecule has 0 aromatic carbocycles. The van der Waals surface area contributed by atoms with Crippen molar-refractivity contribution in [2.75, 3.05) is 37.6 Å². The smallest absolute Gasteiger partial charge is 0.321 e. The van der Waals surface area contributed by atoms with E-state index in [1.54, 1.807) is 18.5 Å². The third-order valence-corrected chi connectivity index (χ3v) is 6.62. The molecular weight excluding hydrogens is 356 g/mol. The third kappa shape index (κ3) is 4.43. The van der Waals surface area contributed by atoms with E-state index in [0.29, 0.717) is 5.92 Å². The van der Waals surface area contributed by atoms with Gasteiger partial charge in [-0.25, -0.2) is 14.8 Å². The van der Waals surface area contributed by atoms with Gasteiger partial charge >= 0.3 is 6.03 Å². The molecule has 3 amide bonds. The lowest BCUT2D eigenvalue weighted by molar-refractivity contribution is -0.121. The van der Waals surface area contributed by atoms with Gasteiger partial charge in [0.1, 0.15) is 0 Å². The lowest BCUT2D eigenvalue weighted by atomic mass is 9.84. The summed E-state index contributed by atoms with van der Waals surface area (Å²) >= 11 is 0. The Bertz CT molecular complexity index is 691. The average molecular weight is 387 g/mol. The predicted octanol–water partition coefficient (Wildman–Crippen LogP) is 1.25. The molecule has 2 saturated carbocycles. The van der Waals surface area contributed by atoms with Gasteiger partial charge in [0.15, 0.2) is 0 Å². The number of amides is 3. The largest absolute Gasteiger partial charge is 0.338 e.